The van der Waals surface area contributed by atoms with Crippen LogP contribution < -0.4 is 0 Å². The zero-order valence-electron chi connectivity index (χ0n) is 20.2. The van der Waals surface area contributed by atoms with E-state index in [9.17, 15) is 35.9 Å². The zero-order valence-corrected chi connectivity index (χ0v) is 21.0. The standard InChI is InChI=1S/C24H26F6N4O2S/c1-32(2)21(35)18-7-10-34(18)20-19(37-22(36)31-20)11-14-5-8-33(9-6-14)13-15-3-4-16(23(25,26)27)12-17(15)24(28,29)30/h3-4,11-12,14,18H,5-10,13H2,1-2H3/t18-/m0/s1. The van der Waals surface area contributed by atoms with Crippen molar-refractivity contribution in [2.45, 2.75) is 44.2 Å². The molecule has 3 aliphatic heterocycles. The third-order valence-electron chi connectivity index (χ3n) is 6.79. The lowest BCUT2D eigenvalue weighted by Crippen LogP contribution is -2.58. The molecule has 1 aromatic rings. The van der Waals surface area contributed by atoms with E-state index >= 15 is 0 Å². The summed E-state index contributed by atoms with van der Waals surface area (Å²) in [7, 11) is 3.34. The summed E-state index contributed by atoms with van der Waals surface area (Å²) in [5.74, 6) is 0.477. The highest BCUT2D eigenvalue weighted by Gasteiger charge is 2.41. The normalized spacial score (nSPS) is 22.9. The molecule has 2 saturated heterocycles. The molecular weight excluding hydrogens is 522 g/mol. The van der Waals surface area contributed by atoms with Gasteiger partial charge in [0.05, 0.1) is 16.0 Å². The Balaban J connectivity index is 1.41. The molecule has 37 heavy (non-hydrogen) atoms. The molecule has 0 radical (unpaired) electrons. The number of rotatable bonds is 4. The fourth-order valence-electron chi connectivity index (χ4n) is 4.70. The van der Waals surface area contributed by atoms with Crippen molar-refractivity contribution in [2.24, 2.45) is 10.9 Å². The van der Waals surface area contributed by atoms with E-state index in [4.69, 9.17) is 0 Å². The number of carbonyl (C=O) groups excluding carboxylic acids is 2. The van der Waals surface area contributed by atoms with E-state index in [0.29, 0.717) is 55.7 Å². The summed E-state index contributed by atoms with van der Waals surface area (Å²) in [4.78, 5) is 34.4. The predicted molar refractivity (Wildman–Crippen MR) is 127 cm³/mol. The molecule has 1 atom stereocenters. The summed E-state index contributed by atoms with van der Waals surface area (Å²) < 4.78 is 79.3. The average Bonchev–Trinajstić information content (AvgIpc) is 3.12. The molecule has 13 heteroatoms. The number of hydrogen-bond acceptors (Lipinski definition) is 5. The molecule has 0 aromatic heterocycles. The lowest BCUT2D eigenvalue weighted by Gasteiger charge is -2.42. The second-order valence-corrected chi connectivity index (χ2v) is 10.5. The van der Waals surface area contributed by atoms with Gasteiger partial charge in [0.25, 0.3) is 0 Å². The van der Waals surface area contributed by atoms with Crippen LogP contribution in [-0.2, 0) is 23.7 Å². The largest absolute Gasteiger partial charge is 0.416 e. The van der Waals surface area contributed by atoms with Gasteiger partial charge in [0.1, 0.15) is 11.9 Å². The first-order valence-electron chi connectivity index (χ1n) is 11.7. The Kier molecular flexibility index (Phi) is 7.67. The maximum absolute atomic E-state index is 13.5. The minimum Gasteiger partial charge on any atom is -0.347 e. The number of aliphatic imine (C=N–C) groups is 1. The van der Waals surface area contributed by atoms with E-state index in [2.05, 4.69) is 4.99 Å². The Hall–Kier alpha value is -2.54. The first-order valence-corrected chi connectivity index (χ1v) is 12.6. The Bertz CT molecular complexity index is 1120. The van der Waals surface area contributed by atoms with Gasteiger partial charge in [-0.3, -0.25) is 14.5 Å². The molecule has 1 aromatic carbocycles. The molecule has 6 nitrogen and oxygen atoms in total. The van der Waals surface area contributed by atoms with Crippen molar-refractivity contribution in [3.05, 3.63) is 45.9 Å². The van der Waals surface area contributed by atoms with E-state index in [1.54, 1.807) is 19.0 Å². The molecule has 2 fully saturated rings. The summed E-state index contributed by atoms with van der Waals surface area (Å²) in [6, 6.07) is 1.39. The molecule has 0 bridgehead atoms. The Labute approximate surface area is 214 Å². The number of alkyl halides is 6. The fourth-order valence-corrected chi connectivity index (χ4v) is 5.54. The molecule has 3 heterocycles. The second-order valence-electron chi connectivity index (χ2n) is 9.55. The number of amidine groups is 1. The van der Waals surface area contributed by atoms with Gasteiger partial charge in [-0.2, -0.15) is 31.3 Å². The van der Waals surface area contributed by atoms with Crippen molar-refractivity contribution in [2.75, 3.05) is 33.7 Å². The summed E-state index contributed by atoms with van der Waals surface area (Å²) in [5, 5.41) is -0.358. The van der Waals surface area contributed by atoms with E-state index in [-0.39, 0.29) is 41.3 Å². The number of halogens is 6. The lowest BCUT2D eigenvalue weighted by atomic mass is 9.94. The number of carbonyl (C=O) groups is 2. The van der Waals surface area contributed by atoms with Crippen LogP contribution in [0.3, 0.4) is 0 Å². The van der Waals surface area contributed by atoms with Gasteiger partial charge in [-0.25, -0.2) is 0 Å². The number of amides is 2. The van der Waals surface area contributed by atoms with E-state index in [1.165, 1.54) is 4.90 Å². The zero-order chi connectivity index (χ0) is 27.1. The van der Waals surface area contributed by atoms with E-state index < -0.39 is 23.5 Å². The van der Waals surface area contributed by atoms with Crippen LogP contribution in [0.25, 0.3) is 0 Å². The molecule has 0 unspecified atom stereocenters. The first kappa shape index (κ1) is 27.5. The Morgan fingerprint density at radius 2 is 1.76 bits per heavy atom. The maximum Gasteiger partial charge on any atom is 0.416 e. The van der Waals surface area contributed by atoms with Crippen molar-refractivity contribution < 1.29 is 35.9 Å². The number of benzene rings is 1. The van der Waals surface area contributed by atoms with Crippen LogP contribution in [0.4, 0.5) is 31.1 Å². The van der Waals surface area contributed by atoms with Gasteiger partial charge < -0.3 is 9.80 Å². The number of likely N-dealkylation sites (tertiary alicyclic amines) is 2. The van der Waals surface area contributed by atoms with Gasteiger partial charge in [0.15, 0.2) is 0 Å². The first-order chi connectivity index (χ1) is 17.2. The molecule has 202 valence electrons. The van der Waals surface area contributed by atoms with Crippen LogP contribution in [-0.4, -0.2) is 71.5 Å². The van der Waals surface area contributed by atoms with Gasteiger partial charge in [-0.05, 0) is 67.7 Å². The second kappa shape index (κ2) is 10.3. The van der Waals surface area contributed by atoms with Crippen LogP contribution in [0.1, 0.15) is 36.0 Å². The third-order valence-corrected chi connectivity index (χ3v) is 7.59. The van der Waals surface area contributed by atoms with Crippen molar-refractivity contribution in [3.8, 4) is 0 Å². The van der Waals surface area contributed by atoms with Gasteiger partial charge >= 0.3 is 17.6 Å². The molecule has 2 amide bonds. The number of thioether (sulfide) groups is 1. The number of piperidine rings is 1. The van der Waals surface area contributed by atoms with Gasteiger partial charge in [0, 0.05) is 27.2 Å². The van der Waals surface area contributed by atoms with Crippen molar-refractivity contribution >= 4 is 28.7 Å². The average molecular weight is 549 g/mol. The van der Waals surface area contributed by atoms with Crippen LogP contribution in [0.15, 0.2) is 34.2 Å². The van der Waals surface area contributed by atoms with Crippen LogP contribution in [0.2, 0.25) is 0 Å². The highest BCUT2D eigenvalue weighted by atomic mass is 32.2. The molecule has 4 rings (SSSR count). The van der Waals surface area contributed by atoms with Crippen molar-refractivity contribution in [1.82, 2.24) is 14.7 Å². The quantitative estimate of drug-likeness (QED) is 0.482. The maximum atomic E-state index is 13.5. The molecule has 3 aliphatic rings. The van der Waals surface area contributed by atoms with Crippen LogP contribution in [0, 0.1) is 5.92 Å². The summed E-state index contributed by atoms with van der Waals surface area (Å²) in [6.45, 7) is 1.40. The molecule has 0 aliphatic carbocycles. The molecule has 0 saturated carbocycles. The van der Waals surface area contributed by atoms with Crippen molar-refractivity contribution in [1.29, 1.82) is 0 Å². The van der Waals surface area contributed by atoms with Crippen LogP contribution in [0.5, 0.6) is 0 Å². The number of likely N-dealkylation sites (N-methyl/N-ethyl adjacent to an activating group) is 1. The molecular formula is C24H26F6N4O2S. The smallest absolute Gasteiger partial charge is 0.347 e. The minimum atomic E-state index is -4.90. The number of nitrogens with zero attached hydrogens (tertiary/aromatic N) is 4. The summed E-state index contributed by atoms with van der Waals surface area (Å²) >= 11 is 1.000. The lowest BCUT2D eigenvalue weighted by molar-refractivity contribution is -0.143. The third kappa shape index (κ3) is 6.14. The highest BCUT2D eigenvalue weighted by Crippen LogP contribution is 2.39. The van der Waals surface area contributed by atoms with Gasteiger partial charge in [-0.1, -0.05) is 12.1 Å². The van der Waals surface area contributed by atoms with Crippen LogP contribution >= 0.6 is 11.8 Å². The minimum absolute atomic E-state index is 0.0498. The number of hydrogen-bond donors (Lipinski definition) is 0. The fraction of sp³-hybridized carbons (Fsp3) is 0.542. The predicted octanol–water partition coefficient (Wildman–Crippen LogP) is 5.25. The van der Waals surface area contributed by atoms with E-state index in [0.717, 1.165) is 17.8 Å². The molecule has 0 spiro atoms. The van der Waals surface area contributed by atoms with E-state index in [1.807, 2.05) is 11.0 Å². The highest BCUT2D eigenvalue weighted by molar-refractivity contribution is 8.18. The monoisotopic (exact) mass is 548 g/mol. The van der Waals surface area contributed by atoms with Crippen molar-refractivity contribution in [3.63, 3.8) is 0 Å². The van der Waals surface area contributed by atoms with Gasteiger partial charge in [0.2, 0.25) is 5.91 Å². The Morgan fingerprint density at radius 1 is 1.08 bits per heavy atom. The summed E-state index contributed by atoms with van der Waals surface area (Å²) in [6.07, 6.45) is -5.93. The Morgan fingerprint density at radius 3 is 2.30 bits per heavy atom. The number of allylic oxidation sites excluding steroid dienone is 1. The van der Waals surface area contributed by atoms with Gasteiger partial charge in [-0.15, -0.1) is 0 Å². The SMILES string of the molecule is CN(C)C(=O)[C@@H]1CCN1C1=NC(=O)SC1=CC1CCN(Cc2ccc(C(F)(F)F)cc2C(F)(F)F)CC1. The topological polar surface area (TPSA) is 56.2 Å². The summed E-state index contributed by atoms with van der Waals surface area (Å²) in [5.41, 5.74) is -2.80. The molecule has 0 N–H and O–H groups in total.